The normalized spacial score (nSPS) is 17.5. The number of anilines is 2. The summed E-state index contributed by atoms with van der Waals surface area (Å²) in [5.41, 5.74) is 2.63. The van der Waals surface area contributed by atoms with E-state index in [-0.39, 0.29) is 15.8 Å². The maximum absolute atomic E-state index is 15.2. The zero-order chi connectivity index (χ0) is 29.3. The van der Waals surface area contributed by atoms with Gasteiger partial charge in [-0.25, -0.2) is 22.8 Å². The first kappa shape index (κ1) is 29.0. The Balaban J connectivity index is 1.41. The van der Waals surface area contributed by atoms with Crippen LogP contribution in [0.4, 0.5) is 16.2 Å². The fourth-order valence-electron chi connectivity index (χ4n) is 5.22. The van der Waals surface area contributed by atoms with E-state index < -0.39 is 21.7 Å². The van der Waals surface area contributed by atoms with Crippen molar-refractivity contribution in [3.8, 4) is 17.0 Å². The molecule has 0 spiro atoms. The number of aromatic nitrogens is 3. The van der Waals surface area contributed by atoms with Crippen molar-refractivity contribution in [1.82, 2.24) is 19.9 Å². The predicted molar refractivity (Wildman–Crippen MR) is 160 cm³/mol. The number of fused-ring (bicyclic) bond motifs is 1. The molecule has 41 heavy (non-hydrogen) atoms. The van der Waals surface area contributed by atoms with Gasteiger partial charge in [0.05, 0.1) is 17.6 Å². The molecule has 0 bridgehead atoms. The molecule has 0 saturated heterocycles. The summed E-state index contributed by atoms with van der Waals surface area (Å²) in [4.78, 5) is 15.5. The van der Waals surface area contributed by atoms with Crippen molar-refractivity contribution in [1.29, 1.82) is 0 Å². The summed E-state index contributed by atoms with van der Waals surface area (Å²) < 4.78 is 48.6. The monoisotopic (exact) mass is 598 g/mol. The summed E-state index contributed by atoms with van der Waals surface area (Å²) in [6, 6.07) is 11.7. The molecular weight excluding hydrogens is 567 g/mol. The fraction of sp³-hybridized carbons (Fsp3) is 0.345. The highest BCUT2D eigenvalue weighted by atomic mass is 35.5. The van der Waals surface area contributed by atoms with E-state index >= 15 is 4.39 Å². The highest BCUT2D eigenvalue weighted by Gasteiger charge is 2.24. The van der Waals surface area contributed by atoms with Crippen LogP contribution < -0.4 is 14.8 Å². The number of hydrogen-bond donors (Lipinski definition) is 2. The Hall–Kier alpha value is -3.54. The van der Waals surface area contributed by atoms with Gasteiger partial charge in [0.25, 0.3) is 10.0 Å². The van der Waals surface area contributed by atoms with Gasteiger partial charge in [-0.05, 0) is 88.2 Å². The van der Waals surface area contributed by atoms with E-state index in [1.165, 1.54) is 31.4 Å². The lowest BCUT2D eigenvalue weighted by atomic mass is 9.90. The third-order valence-corrected chi connectivity index (χ3v) is 9.28. The summed E-state index contributed by atoms with van der Waals surface area (Å²) in [6.45, 7) is 1.92. The fourth-order valence-corrected chi connectivity index (χ4v) is 6.75. The second-order valence-corrected chi connectivity index (χ2v) is 12.5. The van der Waals surface area contributed by atoms with Gasteiger partial charge >= 0.3 is 0 Å². The number of hydrogen-bond acceptors (Lipinski definition) is 8. The topological polar surface area (TPSA) is 109 Å². The maximum atomic E-state index is 15.2. The van der Waals surface area contributed by atoms with Crippen molar-refractivity contribution < 1.29 is 17.5 Å². The second-order valence-electron chi connectivity index (χ2n) is 10.4. The van der Waals surface area contributed by atoms with Gasteiger partial charge in [-0.2, -0.15) is 4.98 Å². The highest BCUT2D eigenvalue weighted by molar-refractivity contribution is 7.92. The minimum atomic E-state index is -4.19. The Morgan fingerprint density at radius 1 is 1.07 bits per heavy atom. The Labute approximate surface area is 244 Å². The average Bonchev–Trinajstić information content (AvgIpc) is 2.94. The molecule has 9 nitrogen and oxygen atoms in total. The van der Waals surface area contributed by atoms with E-state index in [2.05, 4.69) is 39.0 Å². The van der Waals surface area contributed by atoms with Crippen LogP contribution in [0.2, 0.25) is 5.02 Å². The van der Waals surface area contributed by atoms with E-state index in [1.807, 2.05) is 19.1 Å². The van der Waals surface area contributed by atoms with Crippen LogP contribution in [0.15, 0.2) is 53.6 Å². The molecule has 2 aromatic heterocycles. The minimum Gasteiger partial charge on any atom is -0.480 e. The van der Waals surface area contributed by atoms with E-state index in [0.717, 1.165) is 42.1 Å². The van der Waals surface area contributed by atoms with Crippen molar-refractivity contribution in [3.63, 3.8) is 0 Å². The molecule has 2 aromatic carbocycles. The SMILES string of the molecule is COc1nc(NS(=O)(=O)c2ccccc2Cl)c(F)cc1-c1cc(C)c2nc(NC3CCC(N(C)C)CC3)ncc2c1. The Kier molecular flexibility index (Phi) is 8.30. The zero-order valence-electron chi connectivity index (χ0n) is 23.3. The third kappa shape index (κ3) is 6.22. The number of rotatable bonds is 8. The summed E-state index contributed by atoms with van der Waals surface area (Å²) >= 11 is 6.04. The standard InChI is InChI=1S/C29H32ClFN6O3S/c1-17-13-18(14-19-16-32-29(34-26(17)19)33-20-9-11-21(12-10-20)37(2)3)22-15-24(31)27(35-28(22)40-4)36-41(38,39)25-8-6-5-7-23(25)30/h5-8,13-16,20-21H,9-12H2,1-4H3,(H,35,36)(H,32,33,34). The number of pyridine rings is 1. The van der Waals surface area contributed by atoms with Gasteiger partial charge in [0.1, 0.15) is 4.90 Å². The van der Waals surface area contributed by atoms with Crippen LogP contribution in [0.25, 0.3) is 22.0 Å². The largest absolute Gasteiger partial charge is 0.480 e. The lowest BCUT2D eigenvalue weighted by Gasteiger charge is -2.32. The molecule has 1 aliphatic carbocycles. The number of halogens is 2. The van der Waals surface area contributed by atoms with Gasteiger partial charge in [-0.15, -0.1) is 0 Å². The lowest BCUT2D eigenvalue weighted by Crippen LogP contribution is -2.36. The van der Waals surface area contributed by atoms with Crippen molar-refractivity contribution in [2.45, 2.75) is 49.6 Å². The van der Waals surface area contributed by atoms with Crippen LogP contribution in [0.5, 0.6) is 5.88 Å². The maximum Gasteiger partial charge on any atom is 0.264 e. The molecule has 216 valence electrons. The van der Waals surface area contributed by atoms with E-state index in [9.17, 15) is 8.42 Å². The van der Waals surface area contributed by atoms with Crippen LogP contribution in [-0.2, 0) is 10.0 Å². The second kappa shape index (κ2) is 11.8. The third-order valence-electron chi connectivity index (χ3n) is 7.44. The van der Waals surface area contributed by atoms with Gasteiger partial charge < -0.3 is 15.0 Å². The van der Waals surface area contributed by atoms with E-state index in [4.69, 9.17) is 21.3 Å². The number of aryl methyl sites for hydroxylation is 1. The van der Waals surface area contributed by atoms with Crippen LogP contribution in [-0.4, -0.2) is 61.6 Å². The average molecular weight is 599 g/mol. The van der Waals surface area contributed by atoms with Crippen molar-refractivity contribution in [2.24, 2.45) is 0 Å². The quantitative estimate of drug-likeness (QED) is 0.258. The molecule has 12 heteroatoms. The van der Waals surface area contributed by atoms with Crippen LogP contribution in [0.1, 0.15) is 31.2 Å². The summed E-state index contributed by atoms with van der Waals surface area (Å²) in [6.07, 6.45) is 6.13. The molecule has 1 saturated carbocycles. The molecule has 2 heterocycles. The van der Waals surface area contributed by atoms with Gasteiger partial charge in [0.15, 0.2) is 11.6 Å². The smallest absolute Gasteiger partial charge is 0.264 e. The summed E-state index contributed by atoms with van der Waals surface area (Å²) in [5.74, 6) is -0.729. The lowest BCUT2D eigenvalue weighted by molar-refractivity contribution is 0.221. The first-order valence-electron chi connectivity index (χ1n) is 13.3. The van der Waals surface area contributed by atoms with Crippen molar-refractivity contribution in [3.05, 3.63) is 65.1 Å². The van der Waals surface area contributed by atoms with Gasteiger partial charge in [-0.1, -0.05) is 23.7 Å². The zero-order valence-corrected chi connectivity index (χ0v) is 24.9. The number of ether oxygens (including phenoxy) is 1. The van der Waals surface area contributed by atoms with Crippen LogP contribution in [0.3, 0.4) is 0 Å². The van der Waals surface area contributed by atoms with Crippen molar-refractivity contribution in [2.75, 3.05) is 31.2 Å². The molecule has 5 rings (SSSR count). The molecule has 1 aliphatic rings. The Bertz CT molecular complexity index is 1690. The van der Waals surface area contributed by atoms with E-state index in [0.29, 0.717) is 29.2 Å². The van der Waals surface area contributed by atoms with Crippen LogP contribution in [0, 0.1) is 12.7 Å². The van der Waals surface area contributed by atoms with Crippen LogP contribution >= 0.6 is 11.6 Å². The summed E-state index contributed by atoms with van der Waals surface area (Å²) in [7, 11) is 1.45. The molecule has 0 radical (unpaired) electrons. The molecule has 1 fully saturated rings. The number of nitrogens with one attached hydrogen (secondary N) is 2. The first-order chi connectivity index (χ1) is 19.6. The first-order valence-corrected chi connectivity index (χ1v) is 15.1. The highest BCUT2D eigenvalue weighted by Crippen LogP contribution is 2.35. The minimum absolute atomic E-state index is 0.00733. The number of benzene rings is 2. The number of nitrogens with zero attached hydrogens (tertiary/aromatic N) is 4. The summed E-state index contributed by atoms with van der Waals surface area (Å²) in [5, 5.41) is 4.27. The number of methoxy groups -OCH3 is 1. The molecule has 0 amide bonds. The van der Waals surface area contributed by atoms with Gasteiger partial charge in [0.2, 0.25) is 11.8 Å². The molecule has 0 aliphatic heterocycles. The molecule has 0 unspecified atom stereocenters. The Morgan fingerprint density at radius 3 is 2.49 bits per heavy atom. The molecule has 0 atom stereocenters. The molecular formula is C29H32ClFN6O3S. The van der Waals surface area contributed by atoms with E-state index in [1.54, 1.807) is 12.3 Å². The number of sulfonamides is 1. The van der Waals surface area contributed by atoms with Gasteiger partial charge in [0, 0.05) is 29.2 Å². The van der Waals surface area contributed by atoms with Crippen molar-refractivity contribution >= 4 is 44.3 Å². The van der Waals surface area contributed by atoms with Gasteiger partial charge in [-0.3, -0.25) is 4.72 Å². The Morgan fingerprint density at radius 2 is 1.80 bits per heavy atom. The molecule has 4 aromatic rings. The molecule has 2 N–H and O–H groups in total. The predicted octanol–water partition coefficient (Wildman–Crippen LogP) is 5.89.